The maximum absolute atomic E-state index is 14.2. The van der Waals surface area contributed by atoms with Crippen LogP contribution in [-0.2, 0) is 46.4 Å². The largest absolute Gasteiger partial charge is 0.508 e. The van der Waals surface area contributed by atoms with Crippen molar-refractivity contribution in [3.8, 4) is 5.75 Å². The first-order valence-corrected chi connectivity index (χ1v) is 21.2. The lowest BCUT2D eigenvalue weighted by Gasteiger charge is -2.28. The van der Waals surface area contributed by atoms with E-state index in [0.717, 1.165) is 16.5 Å². The van der Waals surface area contributed by atoms with Gasteiger partial charge in [0.05, 0.1) is 6.04 Å². The van der Waals surface area contributed by atoms with Crippen molar-refractivity contribution in [1.82, 2.24) is 31.6 Å². The molecule has 19 heteroatoms. The Morgan fingerprint density at radius 2 is 1.33 bits per heavy atom. The van der Waals surface area contributed by atoms with Crippen LogP contribution in [0.15, 0.2) is 54.7 Å². The third kappa shape index (κ3) is 15.5. The van der Waals surface area contributed by atoms with Crippen LogP contribution < -0.4 is 43.8 Å². The third-order valence-corrected chi connectivity index (χ3v) is 10.5. The molecule has 2 aromatic carbocycles. The van der Waals surface area contributed by atoms with Gasteiger partial charge in [-0.1, -0.05) is 44.2 Å². The quantitative estimate of drug-likeness (QED) is 0.0486. The van der Waals surface area contributed by atoms with Crippen molar-refractivity contribution < 1.29 is 43.8 Å². The number of benzene rings is 2. The Balaban J connectivity index is 1.84. The number of amides is 6. The van der Waals surface area contributed by atoms with Gasteiger partial charge < -0.3 is 59.0 Å². The molecule has 0 bridgehead atoms. The predicted molar refractivity (Wildman–Crippen MR) is 228 cm³/mol. The second kappa shape index (κ2) is 24.4. The molecule has 3 rings (SSSR count). The molecule has 0 unspecified atom stereocenters. The Kier molecular flexibility index (Phi) is 19.8. The molecule has 0 spiro atoms. The number of nitrogens with one attached hydrogen (secondary N) is 6. The molecule has 0 saturated heterocycles. The number of aliphatic carboxylic acids is 1. The number of rotatable bonds is 26. The number of nitrogens with two attached hydrogens (primary N) is 3. The van der Waals surface area contributed by atoms with E-state index in [4.69, 9.17) is 22.3 Å². The number of unbranched alkanes of at least 4 members (excludes halogenated alkanes) is 1. The highest BCUT2D eigenvalue weighted by atomic mass is 32.2. The number of aromatic amines is 1. The first-order chi connectivity index (χ1) is 28.5. The maximum atomic E-state index is 14.2. The summed E-state index contributed by atoms with van der Waals surface area (Å²) in [5.74, 6) is -5.74. The number of thioether (sulfide) groups is 1. The van der Waals surface area contributed by atoms with Gasteiger partial charge in [-0.3, -0.25) is 33.6 Å². The number of fused-ring (bicyclic) bond motifs is 1. The molecule has 14 N–H and O–H groups in total. The number of aromatic nitrogens is 1. The first-order valence-electron chi connectivity index (χ1n) is 19.8. The number of phenols is 1. The average molecular weight is 854 g/mol. The standard InChI is InChI=1S/C41H59N9O9S/c1-23(2)35(41(59)46-30(36(44)54)15-16-34(52)53)50-39(57)32(17-19-60-3)48-40(58)33(20-24-11-13-26(51)14-12-24)49-38(56)31(10-6-7-18-42)47-37(55)28(43)21-25-22-45-29-9-5-4-8-27(25)29/h4-5,8-9,11-14,22-23,28,30-33,35,45,51H,6-7,10,15-21,42-43H2,1-3H3,(H2,44,54)(H,46,59)(H,47,55)(H,48,58)(H,49,56)(H,50,57)(H,52,53)/t28-,30-,31-,32-,33-,35-/m0/s1. The number of carboxylic acids is 1. The van der Waals surface area contributed by atoms with E-state index in [1.54, 1.807) is 32.2 Å². The van der Waals surface area contributed by atoms with Crippen molar-refractivity contribution in [2.24, 2.45) is 23.1 Å². The summed E-state index contributed by atoms with van der Waals surface area (Å²) in [6.07, 6.45) is 4.36. The van der Waals surface area contributed by atoms with Crippen molar-refractivity contribution in [2.75, 3.05) is 18.6 Å². The molecule has 1 aromatic heterocycles. The lowest BCUT2D eigenvalue weighted by molar-refractivity contribution is -0.138. The number of carboxylic acid groups (broad SMARTS) is 1. The van der Waals surface area contributed by atoms with E-state index in [2.05, 4.69) is 31.6 Å². The molecular weight excluding hydrogens is 795 g/mol. The number of hydrogen-bond acceptors (Lipinski definition) is 11. The smallest absolute Gasteiger partial charge is 0.303 e. The van der Waals surface area contributed by atoms with Crippen LogP contribution in [0, 0.1) is 5.92 Å². The van der Waals surface area contributed by atoms with Crippen molar-refractivity contribution in [2.45, 2.75) is 101 Å². The van der Waals surface area contributed by atoms with Gasteiger partial charge in [-0.05, 0) is 92.3 Å². The number of phenolic OH excluding ortho intramolecular Hbond substituents is 1. The molecule has 0 aliphatic heterocycles. The summed E-state index contributed by atoms with van der Waals surface area (Å²) < 4.78 is 0. The molecule has 60 heavy (non-hydrogen) atoms. The summed E-state index contributed by atoms with van der Waals surface area (Å²) in [6.45, 7) is 3.65. The van der Waals surface area contributed by atoms with Gasteiger partial charge in [-0.25, -0.2) is 0 Å². The number of carbonyl (C=O) groups excluding carboxylic acids is 6. The SMILES string of the molecule is CSCC[C@H](NC(=O)[C@H](Cc1ccc(O)cc1)NC(=O)[C@H](CCCCN)NC(=O)[C@@H](N)Cc1c[nH]c2ccccc12)C(=O)N[C@H](C(=O)N[C@@H](CCC(=O)O)C(N)=O)C(C)C. The van der Waals surface area contributed by atoms with E-state index < -0.39 is 90.0 Å². The Morgan fingerprint density at radius 1 is 0.733 bits per heavy atom. The molecule has 0 aliphatic rings. The summed E-state index contributed by atoms with van der Waals surface area (Å²) in [5.41, 5.74) is 19.8. The summed E-state index contributed by atoms with van der Waals surface area (Å²) >= 11 is 1.41. The van der Waals surface area contributed by atoms with E-state index in [9.17, 15) is 38.7 Å². The minimum atomic E-state index is -1.30. The lowest BCUT2D eigenvalue weighted by atomic mass is 10.0. The van der Waals surface area contributed by atoms with Crippen LogP contribution in [0.25, 0.3) is 10.9 Å². The van der Waals surface area contributed by atoms with Gasteiger partial charge in [0, 0.05) is 29.9 Å². The van der Waals surface area contributed by atoms with Crippen molar-refractivity contribution in [1.29, 1.82) is 0 Å². The molecule has 1 heterocycles. The van der Waals surface area contributed by atoms with E-state index >= 15 is 0 Å². The van der Waals surface area contributed by atoms with Crippen LogP contribution in [-0.4, -0.2) is 111 Å². The van der Waals surface area contributed by atoms with Gasteiger partial charge in [-0.2, -0.15) is 11.8 Å². The van der Waals surface area contributed by atoms with Crippen LogP contribution in [0.3, 0.4) is 0 Å². The summed E-state index contributed by atoms with van der Waals surface area (Å²) in [7, 11) is 0. The number of H-pyrrole nitrogens is 1. The van der Waals surface area contributed by atoms with Gasteiger partial charge in [-0.15, -0.1) is 0 Å². The zero-order valence-corrected chi connectivity index (χ0v) is 35.0. The minimum Gasteiger partial charge on any atom is -0.508 e. The van der Waals surface area contributed by atoms with Crippen LogP contribution in [0.2, 0.25) is 0 Å². The fourth-order valence-corrected chi connectivity index (χ4v) is 6.87. The predicted octanol–water partition coefficient (Wildman–Crippen LogP) is 0.298. The van der Waals surface area contributed by atoms with Crippen LogP contribution in [0.4, 0.5) is 0 Å². The Labute approximate surface area is 353 Å². The van der Waals surface area contributed by atoms with Gasteiger partial charge in [0.15, 0.2) is 0 Å². The Bertz CT molecular complexity index is 1920. The number of hydrogen-bond donors (Lipinski definition) is 11. The zero-order chi connectivity index (χ0) is 44.4. The Hall–Kier alpha value is -5.66. The fraction of sp³-hybridized carbons (Fsp3) is 0.488. The summed E-state index contributed by atoms with van der Waals surface area (Å²) in [6, 6.07) is 6.48. The lowest BCUT2D eigenvalue weighted by Crippen LogP contribution is -2.60. The van der Waals surface area contributed by atoms with Crippen molar-refractivity contribution in [3.63, 3.8) is 0 Å². The highest BCUT2D eigenvalue weighted by Crippen LogP contribution is 2.19. The van der Waals surface area contributed by atoms with Crippen LogP contribution in [0.1, 0.15) is 63.5 Å². The molecule has 6 atom stereocenters. The first kappa shape index (κ1) is 48.7. The van der Waals surface area contributed by atoms with Crippen molar-refractivity contribution >= 4 is 64.1 Å². The van der Waals surface area contributed by atoms with Crippen LogP contribution >= 0.6 is 11.8 Å². The van der Waals surface area contributed by atoms with Gasteiger partial charge >= 0.3 is 5.97 Å². The normalized spacial score (nSPS) is 14.2. The molecule has 0 saturated carbocycles. The molecular formula is C41H59N9O9S. The van der Waals surface area contributed by atoms with Gasteiger partial charge in [0.25, 0.3) is 0 Å². The topological polar surface area (TPSA) is 314 Å². The summed E-state index contributed by atoms with van der Waals surface area (Å²) in [5, 5.41) is 33.2. The number of primary amides is 1. The van der Waals surface area contributed by atoms with E-state index in [0.29, 0.717) is 30.7 Å². The highest BCUT2D eigenvalue weighted by Gasteiger charge is 2.34. The molecule has 0 aliphatic carbocycles. The molecule has 3 aromatic rings. The number of para-hydroxylation sites is 1. The second-order valence-corrected chi connectivity index (χ2v) is 15.9. The maximum Gasteiger partial charge on any atom is 0.303 e. The molecule has 18 nitrogen and oxygen atoms in total. The summed E-state index contributed by atoms with van der Waals surface area (Å²) in [4.78, 5) is 95.1. The minimum absolute atomic E-state index is 0.0166. The second-order valence-electron chi connectivity index (χ2n) is 14.9. The molecule has 0 radical (unpaired) electrons. The number of aromatic hydroxyl groups is 1. The fourth-order valence-electron chi connectivity index (χ4n) is 6.40. The monoisotopic (exact) mass is 853 g/mol. The van der Waals surface area contributed by atoms with Crippen molar-refractivity contribution in [3.05, 3.63) is 65.9 Å². The average Bonchev–Trinajstić information content (AvgIpc) is 3.61. The van der Waals surface area contributed by atoms with E-state index in [1.165, 1.54) is 23.9 Å². The van der Waals surface area contributed by atoms with E-state index in [-0.39, 0.29) is 37.9 Å². The molecule has 6 amide bonds. The zero-order valence-electron chi connectivity index (χ0n) is 34.2. The number of carbonyl (C=O) groups is 7. The molecule has 0 fully saturated rings. The third-order valence-electron chi connectivity index (χ3n) is 9.84. The highest BCUT2D eigenvalue weighted by molar-refractivity contribution is 7.98. The van der Waals surface area contributed by atoms with Gasteiger partial charge in [0.2, 0.25) is 35.4 Å². The Morgan fingerprint density at radius 3 is 1.97 bits per heavy atom. The van der Waals surface area contributed by atoms with E-state index in [1.807, 2.05) is 30.5 Å². The van der Waals surface area contributed by atoms with Gasteiger partial charge in [0.1, 0.15) is 36.0 Å². The van der Waals surface area contributed by atoms with Crippen LogP contribution in [0.5, 0.6) is 5.75 Å². The molecule has 328 valence electrons.